The third-order valence-corrected chi connectivity index (χ3v) is 7.89. The molecule has 168 valence electrons. The zero-order valence-corrected chi connectivity index (χ0v) is 19.5. The predicted octanol–water partition coefficient (Wildman–Crippen LogP) is 4.22. The fourth-order valence-electron chi connectivity index (χ4n) is 4.57. The minimum Gasteiger partial charge on any atom is -0.306 e. The molecule has 0 bridgehead atoms. The molecule has 1 fully saturated rings. The molecule has 0 aliphatic heterocycles. The normalized spacial score (nSPS) is 18.4. The average Bonchev–Trinajstić information content (AvgIpc) is 3.56. The van der Waals surface area contributed by atoms with Crippen molar-refractivity contribution in [2.75, 3.05) is 6.54 Å². The van der Waals surface area contributed by atoms with Gasteiger partial charge in [-0.1, -0.05) is 19.9 Å². The Balaban J connectivity index is 1.56. The highest BCUT2D eigenvalue weighted by atomic mass is 32.2. The molecule has 1 saturated carbocycles. The van der Waals surface area contributed by atoms with Crippen LogP contribution in [0.5, 0.6) is 0 Å². The SMILES string of the molecule is CC(C)CNS(=O)(=O)c1cc2c(c3cnc(C4CC4)cc13)C(NCc1cccnc1)CC2. The van der Waals surface area contributed by atoms with Crippen LogP contribution < -0.4 is 10.0 Å². The van der Waals surface area contributed by atoms with Gasteiger partial charge in [-0.2, -0.15) is 0 Å². The summed E-state index contributed by atoms with van der Waals surface area (Å²) >= 11 is 0. The van der Waals surface area contributed by atoms with Crippen LogP contribution in [0.25, 0.3) is 10.8 Å². The largest absolute Gasteiger partial charge is 0.306 e. The van der Waals surface area contributed by atoms with Gasteiger partial charge in [0.05, 0.1) is 4.90 Å². The van der Waals surface area contributed by atoms with Gasteiger partial charge < -0.3 is 5.32 Å². The van der Waals surface area contributed by atoms with Gasteiger partial charge in [-0.05, 0) is 66.5 Å². The Bertz CT molecular complexity index is 1240. The lowest BCUT2D eigenvalue weighted by Crippen LogP contribution is -2.28. The molecule has 0 radical (unpaired) electrons. The van der Waals surface area contributed by atoms with Crippen molar-refractivity contribution in [3.8, 4) is 0 Å². The van der Waals surface area contributed by atoms with Crippen LogP contribution in [0.2, 0.25) is 0 Å². The number of pyridine rings is 2. The first-order valence-corrected chi connectivity index (χ1v) is 13.0. The number of hydrogen-bond donors (Lipinski definition) is 2. The van der Waals surface area contributed by atoms with Gasteiger partial charge in [0.15, 0.2) is 0 Å². The maximum absolute atomic E-state index is 13.3. The van der Waals surface area contributed by atoms with Crippen LogP contribution in [0.1, 0.15) is 67.5 Å². The van der Waals surface area contributed by atoms with Crippen LogP contribution in [-0.2, 0) is 23.0 Å². The second-order valence-electron chi connectivity index (χ2n) is 9.46. The number of hydrogen-bond acceptors (Lipinski definition) is 5. The lowest BCUT2D eigenvalue weighted by atomic mass is 9.99. The van der Waals surface area contributed by atoms with Crippen molar-refractivity contribution in [2.24, 2.45) is 5.92 Å². The first-order valence-electron chi connectivity index (χ1n) is 11.5. The van der Waals surface area contributed by atoms with E-state index in [4.69, 9.17) is 4.98 Å². The van der Waals surface area contributed by atoms with Gasteiger partial charge in [-0.3, -0.25) is 9.97 Å². The number of aromatic nitrogens is 2. The van der Waals surface area contributed by atoms with Crippen LogP contribution in [0.4, 0.5) is 0 Å². The van der Waals surface area contributed by atoms with Crippen molar-refractivity contribution in [3.05, 3.63) is 65.2 Å². The van der Waals surface area contributed by atoms with Crippen LogP contribution in [0.15, 0.2) is 47.8 Å². The van der Waals surface area contributed by atoms with E-state index in [1.54, 1.807) is 6.20 Å². The van der Waals surface area contributed by atoms with E-state index < -0.39 is 10.0 Å². The maximum atomic E-state index is 13.3. The van der Waals surface area contributed by atoms with Crippen LogP contribution in [0, 0.1) is 5.92 Å². The Labute approximate surface area is 189 Å². The Morgan fingerprint density at radius 1 is 1.12 bits per heavy atom. The lowest BCUT2D eigenvalue weighted by molar-refractivity contribution is 0.532. The summed E-state index contributed by atoms with van der Waals surface area (Å²) < 4.78 is 29.4. The smallest absolute Gasteiger partial charge is 0.241 e. The fraction of sp³-hybridized carbons (Fsp3) is 0.440. The number of nitrogens with one attached hydrogen (secondary N) is 2. The van der Waals surface area contributed by atoms with Crippen molar-refractivity contribution >= 4 is 20.8 Å². The van der Waals surface area contributed by atoms with E-state index in [9.17, 15) is 8.42 Å². The number of nitrogens with zero attached hydrogens (tertiary/aromatic N) is 2. The minimum atomic E-state index is -3.60. The van der Waals surface area contributed by atoms with Gasteiger partial charge in [0.2, 0.25) is 10.0 Å². The molecule has 2 aliphatic rings. The van der Waals surface area contributed by atoms with E-state index in [-0.39, 0.29) is 12.0 Å². The zero-order chi connectivity index (χ0) is 22.3. The summed E-state index contributed by atoms with van der Waals surface area (Å²) in [6.45, 7) is 5.17. The number of benzene rings is 1. The Morgan fingerprint density at radius 2 is 1.97 bits per heavy atom. The standard InChI is InChI=1S/C25H30N4O2S/c1-16(2)12-29-32(30,31)24-10-19-7-8-22(27-14-17-4-3-9-26-13-17)25(19)21-15-28-23(11-20(21)24)18-5-6-18/h3-4,9-11,13,15-16,18,22,27,29H,5-8,12,14H2,1-2H3. The second kappa shape index (κ2) is 8.54. The molecule has 0 amide bonds. The van der Waals surface area contributed by atoms with Gasteiger partial charge in [0.1, 0.15) is 0 Å². The van der Waals surface area contributed by atoms with E-state index in [0.717, 1.165) is 59.8 Å². The monoisotopic (exact) mass is 450 g/mol. The Morgan fingerprint density at radius 3 is 2.69 bits per heavy atom. The number of fused-ring (bicyclic) bond motifs is 3. The highest BCUT2D eigenvalue weighted by molar-refractivity contribution is 7.89. The highest BCUT2D eigenvalue weighted by Crippen LogP contribution is 2.43. The summed E-state index contributed by atoms with van der Waals surface area (Å²) in [5.41, 5.74) is 4.45. The van der Waals surface area contributed by atoms with Gasteiger partial charge >= 0.3 is 0 Å². The average molecular weight is 451 g/mol. The number of sulfonamides is 1. The number of rotatable bonds is 8. The summed E-state index contributed by atoms with van der Waals surface area (Å²) in [4.78, 5) is 9.34. The summed E-state index contributed by atoms with van der Waals surface area (Å²) in [5, 5.41) is 5.42. The summed E-state index contributed by atoms with van der Waals surface area (Å²) in [6, 6.07) is 8.10. The molecule has 5 rings (SSSR count). The topological polar surface area (TPSA) is 84.0 Å². The van der Waals surface area contributed by atoms with Gasteiger partial charge in [-0.25, -0.2) is 13.1 Å². The van der Waals surface area contributed by atoms with E-state index in [0.29, 0.717) is 17.4 Å². The molecule has 3 aromatic rings. The zero-order valence-electron chi connectivity index (χ0n) is 18.6. The molecule has 32 heavy (non-hydrogen) atoms. The van der Waals surface area contributed by atoms with E-state index in [1.165, 1.54) is 5.56 Å². The summed E-state index contributed by atoms with van der Waals surface area (Å²) in [7, 11) is -3.60. The highest BCUT2D eigenvalue weighted by Gasteiger charge is 2.31. The summed E-state index contributed by atoms with van der Waals surface area (Å²) in [6.07, 6.45) is 9.62. The molecule has 1 unspecified atom stereocenters. The molecule has 0 saturated heterocycles. The predicted molar refractivity (Wildman–Crippen MR) is 126 cm³/mol. The van der Waals surface area contributed by atoms with Crippen molar-refractivity contribution < 1.29 is 8.42 Å². The molecular weight excluding hydrogens is 420 g/mol. The van der Waals surface area contributed by atoms with Crippen LogP contribution in [0.3, 0.4) is 0 Å². The third kappa shape index (κ3) is 4.29. The molecule has 1 aromatic carbocycles. The fourth-order valence-corrected chi connectivity index (χ4v) is 6.03. The van der Waals surface area contributed by atoms with E-state index in [1.807, 2.05) is 44.4 Å². The molecule has 1 atom stereocenters. The Kier molecular flexibility index (Phi) is 5.73. The lowest BCUT2D eigenvalue weighted by Gasteiger charge is -2.19. The molecule has 2 heterocycles. The van der Waals surface area contributed by atoms with Gasteiger partial charge in [0.25, 0.3) is 0 Å². The quantitative estimate of drug-likeness (QED) is 0.537. The minimum absolute atomic E-state index is 0.168. The van der Waals surface area contributed by atoms with Gasteiger partial charge in [-0.15, -0.1) is 0 Å². The third-order valence-electron chi connectivity index (χ3n) is 6.42. The molecule has 0 spiro atoms. The second-order valence-corrected chi connectivity index (χ2v) is 11.2. The molecule has 7 heteroatoms. The van der Waals surface area contributed by atoms with E-state index >= 15 is 0 Å². The molecule has 2 aromatic heterocycles. The van der Waals surface area contributed by atoms with Crippen molar-refractivity contribution in [2.45, 2.75) is 62.9 Å². The van der Waals surface area contributed by atoms with E-state index in [2.05, 4.69) is 21.1 Å². The van der Waals surface area contributed by atoms with Gasteiger partial charge in [0, 0.05) is 60.1 Å². The maximum Gasteiger partial charge on any atom is 0.241 e. The van der Waals surface area contributed by atoms with Crippen molar-refractivity contribution in [1.82, 2.24) is 20.0 Å². The Hall–Kier alpha value is -2.35. The van der Waals surface area contributed by atoms with Crippen molar-refractivity contribution in [1.29, 1.82) is 0 Å². The first-order chi connectivity index (χ1) is 15.4. The van der Waals surface area contributed by atoms with Crippen molar-refractivity contribution in [3.63, 3.8) is 0 Å². The van der Waals surface area contributed by atoms with Crippen LogP contribution >= 0.6 is 0 Å². The van der Waals surface area contributed by atoms with Crippen LogP contribution in [-0.4, -0.2) is 24.9 Å². The summed E-state index contributed by atoms with van der Waals surface area (Å²) in [5.74, 6) is 0.710. The molecule has 2 aliphatic carbocycles. The molecular formula is C25H30N4O2S. The number of aryl methyl sites for hydroxylation is 1. The molecule has 2 N–H and O–H groups in total. The first kappa shape index (κ1) is 21.5. The molecule has 6 nitrogen and oxygen atoms in total.